The molecular formula is C15H15ClO3. The van der Waals surface area contributed by atoms with Gasteiger partial charge in [0, 0.05) is 5.56 Å². The van der Waals surface area contributed by atoms with Gasteiger partial charge in [0.1, 0.15) is 24.7 Å². The molecule has 19 heavy (non-hydrogen) atoms. The van der Waals surface area contributed by atoms with Gasteiger partial charge in [-0.15, -0.1) is 11.6 Å². The Labute approximate surface area is 117 Å². The van der Waals surface area contributed by atoms with Gasteiger partial charge in [0.2, 0.25) is 0 Å². The molecule has 4 heteroatoms. The molecule has 1 unspecified atom stereocenters. The Bertz CT molecular complexity index is 603. The second kappa shape index (κ2) is 4.82. The molecule has 0 N–H and O–H groups in total. The Morgan fingerprint density at radius 3 is 2.47 bits per heavy atom. The van der Waals surface area contributed by atoms with Crippen molar-refractivity contribution >= 4 is 11.6 Å². The second-order valence-electron chi connectivity index (χ2n) is 4.63. The summed E-state index contributed by atoms with van der Waals surface area (Å²) in [6.45, 7) is 5.02. The molecule has 1 aliphatic heterocycles. The van der Waals surface area contributed by atoms with Gasteiger partial charge in [-0.1, -0.05) is 6.07 Å². The van der Waals surface area contributed by atoms with E-state index >= 15 is 0 Å². The first-order valence-electron chi connectivity index (χ1n) is 6.25. The van der Waals surface area contributed by atoms with Gasteiger partial charge in [-0.05, 0) is 37.6 Å². The number of aryl methyl sites for hydroxylation is 2. The predicted molar refractivity (Wildman–Crippen MR) is 73.3 cm³/mol. The van der Waals surface area contributed by atoms with Crippen molar-refractivity contribution in [2.45, 2.75) is 19.2 Å². The van der Waals surface area contributed by atoms with Crippen molar-refractivity contribution in [3.8, 4) is 11.5 Å². The van der Waals surface area contributed by atoms with E-state index in [0.29, 0.717) is 13.2 Å². The Balaban J connectivity index is 1.95. The number of hydrogen-bond acceptors (Lipinski definition) is 3. The molecule has 3 nitrogen and oxygen atoms in total. The zero-order chi connectivity index (χ0) is 13.4. The Hall–Kier alpha value is -1.61. The third kappa shape index (κ3) is 2.30. The molecule has 1 atom stereocenters. The molecule has 1 aromatic carbocycles. The van der Waals surface area contributed by atoms with Crippen molar-refractivity contribution < 1.29 is 13.9 Å². The van der Waals surface area contributed by atoms with Crippen LogP contribution >= 0.6 is 11.6 Å². The molecule has 100 valence electrons. The SMILES string of the molecule is Cc1cc(C(Cl)c2ccc3c(c2)OCCO3)c(C)o1. The van der Waals surface area contributed by atoms with Crippen LogP contribution in [0.3, 0.4) is 0 Å². The van der Waals surface area contributed by atoms with E-state index in [4.69, 9.17) is 25.5 Å². The standard InChI is InChI=1S/C15H15ClO3/c1-9-7-12(10(2)19-9)15(16)11-3-4-13-14(8-11)18-6-5-17-13/h3-4,7-8,15H,5-6H2,1-2H3. The predicted octanol–water partition coefficient (Wildman–Crippen LogP) is 4.00. The molecule has 0 fully saturated rings. The minimum Gasteiger partial charge on any atom is -0.486 e. The van der Waals surface area contributed by atoms with Gasteiger partial charge < -0.3 is 13.9 Å². The number of furan rings is 1. The van der Waals surface area contributed by atoms with Crippen LogP contribution in [0.2, 0.25) is 0 Å². The minimum absolute atomic E-state index is 0.242. The average molecular weight is 279 g/mol. The van der Waals surface area contributed by atoms with Gasteiger partial charge in [0.15, 0.2) is 11.5 Å². The summed E-state index contributed by atoms with van der Waals surface area (Å²) in [5.74, 6) is 3.26. The van der Waals surface area contributed by atoms with Crippen molar-refractivity contribution in [1.82, 2.24) is 0 Å². The monoisotopic (exact) mass is 278 g/mol. The highest BCUT2D eigenvalue weighted by molar-refractivity contribution is 6.22. The second-order valence-corrected chi connectivity index (χ2v) is 5.07. The summed E-state index contributed by atoms with van der Waals surface area (Å²) in [6, 6.07) is 7.78. The zero-order valence-electron chi connectivity index (χ0n) is 10.9. The molecule has 1 aliphatic rings. The number of alkyl halides is 1. The van der Waals surface area contributed by atoms with Gasteiger partial charge in [-0.2, -0.15) is 0 Å². The van der Waals surface area contributed by atoms with Gasteiger partial charge in [0.05, 0.1) is 5.38 Å². The fourth-order valence-electron chi connectivity index (χ4n) is 2.30. The minimum atomic E-state index is -0.242. The molecule has 0 spiro atoms. The normalized spacial score (nSPS) is 15.3. The molecule has 0 aliphatic carbocycles. The van der Waals surface area contributed by atoms with Gasteiger partial charge in [-0.3, -0.25) is 0 Å². The van der Waals surface area contributed by atoms with E-state index in [-0.39, 0.29) is 5.38 Å². The van der Waals surface area contributed by atoms with Gasteiger partial charge >= 0.3 is 0 Å². The highest BCUT2D eigenvalue weighted by atomic mass is 35.5. The van der Waals surface area contributed by atoms with Crippen molar-refractivity contribution in [1.29, 1.82) is 0 Å². The lowest BCUT2D eigenvalue weighted by Crippen LogP contribution is -2.15. The summed E-state index contributed by atoms with van der Waals surface area (Å²) >= 11 is 6.54. The van der Waals surface area contributed by atoms with Gasteiger partial charge in [-0.25, -0.2) is 0 Å². The third-order valence-electron chi connectivity index (χ3n) is 3.21. The number of ether oxygens (including phenoxy) is 2. The lowest BCUT2D eigenvalue weighted by atomic mass is 10.0. The fourth-order valence-corrected chi connectivity index (χ4v) is 2.65. The van der Waals surface area contributed by atoms with E-state index in [9.17, 15) is 0 Å². The number of benzene rings is 1. The quantitative estimate of drug-likeness (QED) is 0.778. The Morgan fingerprint density at radius 2 is 1.79 bits per heavy atom. The molecule has 0 saturated heterocycles. The molecule has 3 rings (SSSR count). The lowest BCUT2D eigenvalue weighted by Gasteiger charge is -2.20. The summed E-state index contributed by atoms with van der Waals surface area (Å²) < 4.78 is 16.6. The van der Waals surface area contributed by atoms with Crippen molar-refractivity contribution in [2.24, 2.45) is 0 Å². The molecular weight excluding hydrogens is 264 g/mol. The van der Waals surface area contributed by atoms with E-state index in [1.54, 1.807) is 0 Å². The first-order valence-corrected chi connectivity index (χ1v) is 6.69. The largest absolute Gasteiger partial charge is 0.486 e. The topological polar surface area (TPSA) is 31.6 Å². The molecule has 2 heterocycles. The van der Waals surface area contributed by atoms with Crippen LogP contribution in [-0.2, 0) is 0 Å². The van der Waals surface area contributed by atoms with Crippen molar-refractivity contribution in [3.63, 3.8) is 0 Å². The first-order chi connectivity index (χ1) is 9.15. The molecule has 0 saturated carbocycles. The maximum absolute atomic E-state index is 6.54. The Morgan fingerprint density at radius 1 is 1.05 bits per heavy atom. The number of halogens is 1. The van der Waals surface area contributed by atoms with Crippen LogP contribution in [0.4, 0.5) is 0 Å². The van der Waals surface area contributed by atoms with Gasteiger partial charge in [0.25, 0.3) is 0 Å². The zero-order valence-corrected chi connectivity index (χ0v) is 11.7. The van der Waals surface area contributed by atoms with E-state index in [1.165, 1.54) is 0 Å². The number of rotatable bonds is 2. The summed E-state index contributed by atoms with van der Waals surface area (Å²) in [5, 5.41) is -0.242. The van der Waals surface area contributed by atoms with Crippen LogP contribution in [0.1, 0.15) is 28.0 Å². The van der Waals surface area contributed by atoms with Crippen LogP contribution in [0.25, 0.3) is 0 Å². The Kier molecular flexibility index (Phi) is 3.15. The highest BCUT2D eigenvalue weighted by Crippen LogP contribution is 2.38. The number of hydrogen-bond donors (Lipinski definition) is 0. The van der Waals surface area contributed by atoms with Crippen LogP contribution in [0.5, 0.6) is 11.5 Å². The van der Waals surface area contributed by atoms with Crippen LogP contribution < -0.4 is 9.47 Å². The summed E-state index contributed by atoms with van der Waals surface area (Å²) in [6.07, 6.45) is 0. The lowest BCUT2D eigenvalue weighted by molar-refractivity contribution is 0.171. The summed E-state index contributed by atoms with van der Waals surface area (Å²) in [7, 11) is 0. The molecule has 0 bridgehead atoms. The van der Waals surface area contributed by atoms with Crippen LogP contribution in [0.15, 0.2) is 28.7 Å². The van der Waals surface area contributed by atoms with E-state index in [0.717, 1.165) is 34.1 Å². The smallest absolute Gasteiger partial charge is 0.161 e. The molecule has 2 aromatic rings. The average Bonchev–Trinajstić information content (AvgIpc) is 2.76. The van der Waals surface area contributed by atoms with E-state index < -0.39 is 0 Å². The molecule has 1 aromatic heterocycles. The van der Waals surface area contributed by atoms with Crippen molar-refractivity contribution in [2.75, 3.05) is 13.2 Å². The maximum atomic E-state index is 6.54. The van der Waals surface area contributed by atoms with Crippen molar-refractivity contribution in [3.05, 3.63) is 46.9 Å². The van der Waals surface area contributed by atoms with E-state index in [2.05, 4.69) is 0 Å². The van der Waals surface area contributed by atoms with E-state index in [1.807, 2.05) is 38.1 Å². The summed E-state index contributed by atoms with van der Waals surface area (Å²) in [4.78, 5) is 0. The third-order valence-corrected chi connectivity index (χ3v) is 3.70. The first kappa shape index (κ1) is 12.4. The van der Waals surface area contributed by atoms with Crippen LogP contribution in [0, 0.1) is 13.8 Å². The van der Waals surface area contributed by atoms with Crippen LogP contribution in [-0.4, -0.2) is 13.2 Å². The molecule has 0 radical (unpaired) electrons. The number of fused-ring (bicyclic) bond motifs is 1. The fraction of sp³-hybridized carbons (Fsp3) is 0.333. The maximum Gasteiger partial charge on any atom is 0.161 e. The molecule has 0 amide bonds. The highest BCUT2D eigenvalue weighted by Gasteiger charge is 2.19. The summed E-state index contributed by atoms with van der Waals surface area (Å²) in [5.41, 5.74) is 1.98.